The number of hydrogen-bond acceptors (Lipinski definition) is 0. The minimum atomic E-state index is -0.188. The standard InChI is InChI=1S/C8H6FN.H2/c9-7-1-2-8-6(5-7)3-4-10-8;/h1-5,10H;1H. The Bertz CT molecular complexity index is 356. The first-order valence-corrected chi connectivity index (χ1v) is 3.09. The molecule has 0 saturated carbocycles. The normalized spacial score (nSPS) is 10.5. The monoisotopic (exact) mass is 137 g/mol. The molecule has 2 heteroatoms. The van der Waals surface area contributed by atoms with Crippen LogP contribution in [0.2, 0.25) is 0 Å². The second kappa shape index (κ2) is 1.84. The predicted octanol–water partition coefficient (Wildman–Crippen LogP) is 2.55. The molecule has 1 aromatic carbocycles. The fraction of sp³-hybridized carbons (Fsp3) is 0. The number of halogens is 1. The van der Waals surface area contributed by atoms with E-state index in [4.69, 9.17) is 0 Å². The molecule has 0 saturated heterocycles. The summed E-state index contributed by atoms with van der Waals surface area (Å²) in [5.74, 6) is -0.188. The van der Waals surface area contributed by atoms with Crippen LogP contribution < -0.4 is 0 Å². The molecule has 0 atom stereocenters. The molecule has 52 valence electrons. The summed E-state index contributed by atoms with van der Waals surface area (Å²) >= 11 is 0. The van der Waals surface area contributed by atoms with E-state index in [9.17, 15) is 4.39 Å². The van der Waals surface area contributed by atoms with Gasteiger partial charge < -0.3 is 4.98 Å². The second-order valence-corrected chi connectivity index (χ2v) is 2.21. The Morgan fingerprint density at radius 3 is 3.10 bits per heavy atom. The number of rotatable bonds is 0. The molecule has 2 rings (SSSR count). The molecule has 1 heterocycles. The molecular weight excluding hydrogens is 129 g/mol. The third-order valence-corrected chi connectivity index (χ3v) is 1.52. The summed E-state index contributed by atoms with van der Waals surface area (Å²) < 4.78 is 12.5. The van der Waals surface area contributed by atoms with E-state index in [-0.39, 0.29) is 7.24 Å². The highest BCUT2D eigenvalue weighted by atomic mass is 19.1. The van der Waals surface area contributed by atoms with E-state index in [0.29, 0.717) is 0 Å². The van der Waals surface area contributed by atoms with Gasteiger partial charge in [0, 0.05) is 18.5 Å². The molecule has 2 aromatic rings. The van der Waals surface area contributed by atoms with Crippen molar-refractivity contribution in [2.45, 2.75) is 0 Å². The van der Waals surface area contributed by atoms with Gasteiger partial charge in [-0.25, -0.2) is 4.39 Å². The Morgan fingerprint density at radius 1 is 1.30 bits per heavy atom. The lowest BCUT2D eigenvalue weighted by atomic mass is 10.2. The molecule has 0 aliphatic carbocycles. The average molecular weight is 137 g/mol. The van der Waals surface area contributed by atoms with Crippen molar-refractivity contribution in [1.29, 1.82) is 0 Å². The molecule has 0 unspecified atom stereocenters. The Balaban J connectivity index is 0.000000605. The third kappa shape index (κ3) is 0.692. The van der Waals surface area contributed by atoms with Crippen molar-refractivity contribution in [2.24, 2.45) is 0 Å². The molecule has 1 nitrogen and oxygen atoms in total. The summed E-state index contributed by atoms with van der Waals surface area (Å²) in [4.78, 5) is 2.98. The molecule has 10 heavy (non-hydrogen) atoms. The highest BCUT2D eigenvalue weighted by Gasteiger charge is 1.93. The van der Waals surface area contributed by atoms with E-state index in [1.807, 2.05) is 6.07 Å². The van der Waals surface area contributed by atoms with Gasteiger partial charge in [-0.1, -0.05) is 0 Å². The number of aromatic amines is 1. The van der Waals surface area contributed by atoms with E-state index in [2.05, 4.69) is 4.98 Å². The maximum absolute atomic E-state index is 12.5. The zero-order valence-electron chi connectivity index (χ0n) is 5.26. The number of H-pyrrole nitrogens is 1. The number of benzene rings is 1. The topological polar surface area (TPSA) is 15.8 Å². The SMILES string of the molecule is Fc1ccc2[nH]ccc2c1.[HH]. The largest absolute Gasteiger partial charge is 0.361 e. The van der Waals surface area contributed by atoms with E-state index < -0.39 is 0 Å². The highest BCUT2D eigenvalue weighted by molar-refractivity contribution is 5.78. The lowest BCUT2D eigenvalue weighted by Gasteiger charge is -1.87. The molecule has 0 spiro atoms. The molecule has 0 aliphatic heterocycles. The Kier molecular flexibility index (Phi) is 1.01. The Labute approximate surface area is 59.0 Å². The minimum Gasteiger partial charge on any atom is -0.361 e. The summed E-state index contributed by atoms with van der Waals surface area (Å²) in [7, 11) is 0. The Morgan fingerprint density at radius 2 is 2.20 bits per heavy atom. The first-order valence-electron chi connectivity index (χ1n) is 3.09. The van der Waals surface area contributed by atoms with Gasteiger partial charge in [-0.15, -0.1) is 0 Å². The van der Waals surface area contributed by atoms with Crippen LogP contribution in [0.25, 0.3) is 10.9 Å². The van der Waals surface area contributed by atoms with Gasteiger partial charge in [0.25, 0.3) is 0 Å². The quantitative estimate of drug-likeness (QED) is 0.574. The average Bonchev–Trinajstić information content (AvgIpc) is 2.33. The van der Waals surface area contributed by atoms with E-state index in [1.54, 1.807) is 12.3 Å². The van der Waals surface area contributed by atoms with Crippen LogP contribution in [0.5, 0.6) is 0 Å². The summed E-state index contributed by atoms with van der Waals surface area (Å²) in [5, 5.41) is 0.917. The smallest absolute Gasteiger partial charge is 0.123 e. The van der Waals surface area contributed by atoms with Crippen LogP contribution in [0.1, 0.15) is 1.43 Å². The maximum Gasteiger partial charge on any atom is 0.123 e. The van der Waals surface area contributed by atoms with Crippen LogP contribution >= 0.6 is 0 Å². The maximum atomic E-state index is 12.5. The van der Waals surface area contributed by atoms with Gasteiger partial charge in [-0.05, 0) is 24.3 Å². The van der Waals surface area contributed by atoms with Crippen LogP contribution in [-0.2, 0) is 0 Å². The zero-order valence-corrected chi connectivity index (χ0v) is 5.26. The fourth-order valence-corrected chi connectivity index (χ4v) is 1.02. The highest BCUT2D eigenvalue weighted by Crippen LogP contribution is 2.12. The van der Waals surface area contributed by atoms with Crippen molar-refractivity contribution >= 4 is 10.9 Å². The number of fused-ring (bicyclic) bond motifs is 1. The van der Waals surface area contributed by atoms with Gasteiger partial charge in [0.2, 0.25) is 0 Å². The summed E-state index contributed by atoms with van der Waals surface area (Å²) in [5.41, 5.74) is 0.974. The minimum absolute atomic E-state index is 0. The van der Waals surface area contributed by atoms with Gasteiger partial charge in [-0.3, -0.25) is 0 Å². The summed E-state index contributed by atoms with van der Waals surface area (Å²) in [6, 6.07) is 6.52. The first kappa shape index (κ1) is 5.47. The van der Waals surface area contributed by atoms with Crippen LogP contribution in [0.3, 0.4) is 0 Å². The van der Waals surface area contributed by atoms with Gasteiger partial charge in [0.1, 0.15) is 5.82 Å². The van der Waals surface area contributed by atoms with Crippen molar-refractivity contribution in [3.8, 4) is 0 Å². The van der Waals surface area contributed by atoms with Gasteiger partial charge >= 0.3 is 0 Å². The second-order valence-electron chi connectivity index (χ2n) is 2.21. The predicted molar refractivity (Wildman–Crippen MR) is 40.4 cm³/mol. The van der Waals surface area contributed by atoms with E-state index in [0.717, 1.165) is 10.9 Å². The lowest BCUT2D eigenvalue weighted by molar-refractivity contribution is 0.630. The lowest BCUT2D eigenvalue weighted by Crippen LogP contribution is -1.70. The van der Waals surface area contributed by atoms with Crippen LogP contribution in [0.15, 0.2) is 30.5 Å². The molecule has 0 bridgehead atoms. The fourth-order valence-electron chi connectivity index (χ4n) is 1.02. The van der Waals surface area contributed by atoms with Crippen LogP contribution in [0.4, 0.5) is 4.39 Å². The van der Waals surface area contributed by atoms with Gasteiger partial charge in [0.05, 0.1) is 0 Å². The van der Waals surface area contributed by atoms with Gasteiger partial charge in [0.15, 0.2) is 0 Å². The van der Waals surface area contributed by atoms with E-state index >= 15 is 0 Å². The molecule has 1 N–H and O–H groups in total. The molecule has 0 radical (unpaired) electrons. The number of hydrogen-bond donors (Lipinski definition) is 1. The molecular formula is C8H8FN. The molecule has 1 aromatic heterocycles. The molecule has 0 aliphatic rings. The van der Waals surface area contributed by atoms with Crippen molar-refractivity contribution in [3.63, 3.8) is 0 Å². The third-order valence-electron chi connectivity index (χ3n) is 1.52. The zero-order chi connectivity index (χ0) is 6.97. The van der Waals surface area contributed by atoms with Crippen molar-refractivity contribution in [2.75, 3.05) is 0 Å². The molecule has 0 amide bonds. The van der Waals surface area contributed by atoms with Crippen molar-refractivity contribution in [3.05, 3.63) is 36.3 Å². The number of aromatic nitrogens is 1. The first-order chi connectivity index (χ1) is 4.86. The van der Waals surface area contributed by atoms with E-state index in [1.165, 1.54) is 12.1 Å². The number of nitrogens with one attached hydrogen (secondary N) is 1. The van der Waals surface area contributed by atoms with Crippen molar-refractivity contribution in [1.82, 2.24) is 4.98 Å². The van der Waals surface area contributed by atoms with Crippen LogP contribution in [0, 0.1) is 5.82 Å². The van der Waals surface area contributed by atoms with Crippen molar-refractivity contribution < 1.29 is 5.82 Å². The van der Waals surface area contributed by atoms with Gasteiger partial charge in [-0.2, -0.15) is 0 Å². The molecule has 0 fully saturated rings. The summed E-state index contributed by atoms with van der Waals surface area (Å²) in [6.45, 7) is 0. The summed E-state index contributed by atoms with van der Waals surface area (Å²) in [6.07, 6.45) is 1.80. The Hall–Kier alpha value is -1.31. The van der Waals surface area contributed by atoms with Crippen LogP contribution in [-0.4, -0.2) is 4.98 Å².